The Balaban J connectivity index is 0.000000658. The Morgan fingerprint density at radius 3 is 2.06 bits per heavy atom. The fourth-order valence-electron chi connectivity index (χ4n) is 4.32. The molecule has 36 heavy (non-hydrogen) atoms. The summed E-state index contributed by atoms with van der Waals surface area (Å²) in [5.74, 6) is 2.26. The van der Waals surface area contributed by atoms with Gasteiger partial charge in [-0.25, -0.2) is 27.8 Å². The van der Waals surface area contributed by atoms with E-state index in [2.05, 4.69) is 120 Å². The van der Waals surface area contributed by atoms with Crippen LogP contribution in [-0.4, -0.2) is 30.4 Å². The van der Waals surface area contributed by atoms with Crippen molar-refractivity contribution in [1.82, 2.24) is 4.57 Å². The summed E-state index contributed by atoms with van der Waals surface area (Å²) in [6, 6.07) is 16.9. The Bertz CT molecular complexity index is 1220. The van der Waals surface area contributed by atoms with Gasteiger partial charge in [-0.2, -0.15) is 0 Å². The summed E-state index contributed by atoms with van der Waals surface area (Å²) in [6.07, 6.45) is 10.2. The normalized spacial score (nSPS) is 13.9. The Morgan fingerprint density at radius 2 is 1.50 bits per heavy atom. The number of allylic oxidation sites excluding steroid dienone is 4. The molecule has 4 rings (SSSR count). The number of hydrogen-bond acceptors (Lipinski definition) is 7. The highest BCUT2D eigenvalue weighted by molar-refractivity contribution is 5.82. The molecule has 0 aliphatic carbocycles. The molecule has 0 bridgehead atoms. The number of aryl methyl sites for hydroxylation is 2. The van der Waals surface area contributed by atoms with Crippen molar-refractivity contribution < 1.29 is 38.6 Å². The molecule has 0 saturated heterocycles. The molecule has 0 amide bonds. The van der Waals surface area contributed by atoms with E-state index < -0.39 is 10.2 Å². The molecule has 1 aromatic heterocycles. The van der Waals surface area contributed by atoms with E-state index >= 15 is 0 Å². The fourth-order valence-corrected chi connectivity index (χ4v) is 4.32. The molecule has 2 aromatic carbocycles. The Labute approximate surface area is 213 Å². The molecule has 10 heteroatoms. The summed E-state index contributed by atoms with van der Waals surface area (Å²) in [6.45, 7) is 0.189. The largest absolute Gasteiger partial charge is 0.396 e. The van der Waals surface area contributed by atoms with Gasteiger partial charge in [-0.1, -0.05) is 36.4 Å². The molecular weight excluding hydrogens is 484 g/mol. The summed E-state index contributed by atoms with van der Waals surface area (Å²) in [7, 11) is 3.45. The number of rotatable bonds is 6. The van der Waals surface area contributed by atoms with Crippen LogP contribution in [0.25, 0.3) is 17.1 Å². The average molecular weight is 515 g/mol. The van der Waals surface area contributed by atoms with Crippen LogP contribution in [0.1, 0.15) is 18.7 Å². The van der Waals surface area contributed by atoms with E-state index in [-0.39, 0.29) is 6.61 Å². The maximum Gasteiger partial charge on any atom is 0.281 e. The maximum atomic E-state index is 9.37. The van der Waals surface area contributed by atoms with E-state index in [0.29, 0.717) is 0 Å². The van der Waals surface area contributed by atoms with Crippen LogP contribution in [-0.2, 0) is 14.1 Å². The van der Waals surface area contributed by atoms with Crippen molar-refractivity contribution in [1.29, 1.82) is 0 Å². The molecule has 0 atom stereocenters. The predicted molar refractivity (Wildman–Crippen MR) is 129 cm³/mol. The number of aliphatic hydroxyl groups excluding tert-OH is 1. The van der Waals surface area contributed by atoms with Crippen LogP contribution in [0.15, 0.2) is 78.2 Å². The number of halogens is 1. The fraction of sp³-hybridized carbons (Fsp3) is 0.269. The molecule has 1 aliphatic heterocycles. The first-order valence-electron chi connectivity index (χ1n) is 11.3. The van der Waals surface area contributed by atoms with Crippen LogP contribution in [0.4, 0.5) is 11.4 Å². The number of imidazole rings is 1. The van der Waals surface area contributed by atoms with Crippen LogP contribution in [0.3, 0.4) is 0 Å². The van der Waals surface area contributed by atoms with Crippen molar-refractivity contribution in [3.05, 3.63) is 84.0 Å². The molecule has 1 N–H and O–H groups in total. The quantitative estimate of drug-likeness (QED) is 0.343. The number of para-hydroxylation sites is 4. The van der Waals surface area contributed by atoms with Crippen molar-refractivity contribution >= 4 is 28.5 Å². The van der Waals surface area contributed by atoms with Crippen LogP contribution < -0.4 is 33.0 Å². The van der Waals surface area contributed by atoms with Crippen molar-refractivity contribution in [3.63, 3.8) is 0 Å². The second-order valence-electron chi connectivity index (χ2n) is 8.38. The molecule has 192 valence electrons. The Kier molecular flexibility index (Phi) is 8.91. The first-order chi connectivity index (χ1) is 17.0. The van der Waals surface area contributed by atoms with Gasteiger partial charge in [-0.3, -0.25) is 0 Å². The van der Waals surface area contributed by atoms with Gasteiger partial charge in [0, 0.05) is 26.8 Å². The summed E-state index contributed by atoms with van der Waals surface area (Å²) < 4.78 is 38.4. The van der Waals surface area contributed by atoms with Gasteiger partial charge in [0.2, 0.25) is 0 Å². The number of hydrogen-bond donors (Lipinski definition) is 1. The number of nitrogens with zero attached hydrogens (tertiary/aromatic N) is 4. The Hall–Kier alpha value is -3.18. The van der Waals surface area contributed by atoms with Crippen LogP contribution >= 0.6 is 0 Å². The van der Waals surface area contributed by atoms with Gasteiger partial charge < -0.3 is 14.9 Å². The van der Waals surface area contributed by atoms with E-state index in [1.807, 2.05) is 0 Å². The van der Waals surface area contributed by atoms with Crippen LogP contribution in [0.5, 0.6) is 0 Å². The lowest BCUT2D eigenvalue weighted by Gasteiger charge is -2.17. The number of benzene rings is 2. The smallest absolute Gasteiger partial charge is 0.281 e. The van der Waals surface area contributed by atoms with E-state index in [0.717, 1.165) is 24.5 Å². The zero-order valence-electron chi connectivity index (χ0n) is 20.8. The summed E-state index contributed by atoms with van der Waals surface area (Å²) in [5, 5.41) is 9.37. The van der Waals surface area contributed by atoms with Gasteiger partial charge >= 0.3 is 0 Å². The lowest BCUT2D eigenvalue weighted by molar-refractivity contribution is -2.00. The third-order valence-corrected chi connectivity index (χ3v) is 6.10. The van der Waals surface area contributed by atoms with E-state index in [1.54, 1.807) is 0 Å². The summed E-state index contributed by atoms with van der Waals surface area (Å²) >= 11 is 0. The van der Waals surface area contributed by atoms with Crippen molar-refractivity contribution in [3.8, 4) is 0 Å². The first kappa shape index (κ1) is 27.4. The third kappa shape index (κ3) is 6.52. The molecule has 9 nitrogen and oxygen atoms in total. The lowest BCUT2D eigenvalue weighted by Crippen LogP contribution is -2.68. The Morgan fingerprint density at radius 1 is 0.944 bits per heavy atom. The van der Waals surface area contributed by atoms with Crippen molar-refractivity contribution in [2.45, 2.75) is 12.8 Å². The summed E-state index contributed by atoms with van der Waals surface area (Å²) in [4.78, 5) is 4.42. The molecular formula is C26H31ClN4O5. The van der Waals surface area contributed by atoms with Crippen molar-refractivity contribution in [2.24, 2.45) is 14.1 Å². The highest BCUT2D eigenvalue weighted by Gasteiger charge is 2.24. The maximum absolute atomic E-state index is 9.37. The monoisotopic (exact) mass is 514 g/mol. The average Bonchev–Trinajstić information content (AvgIpc) is 3.22. The second-order valence-corrected chi connectivity index (χ2v) is 9.13. The molecule has 3 aromatic rings. The third-order valence-electron chi connectivity index (χ3n) is 6.10. The zero-order chi connectivity index (χ0) is 26.5. The van der Waals surface area contributed by atoms with E-state index in [4.69, 9.17) is 18.6 Å². The van der Waals surface area contributed by atoms with E-state index in [9.17, 15) is 5.11 Å². The van der Waals surface area contributed by atoms with Gasteiger partial charge in [0.25, 0.3) is 5.82 Å². The predicted octanol–water partition coefficient (Wildman–Crippen LogP) is -0.613. The minimum absolute atomic E-state index is 0.189. The number of aromatic nitrogens is 2. The minimum atomic E-state index is -4.94. The van der Waals surface area contributed by atoms with Crippen LogP contribution in [0, 0.1) is 10.2 Å². The zero-order valence-corrected chi connectivity index (χ0v) is 21.6. The molecule has 0 unspecified atom stereocenters. The second kappa shape index (κ2) is 11.7. The van der Waals surface area contributed by atoms with Crippen molar-refractivity contribution in [2.75, 3.05) is 30.5 Å². The highest BCUT2D eigenvalue weighted by Crippen LogP contribution is 2.39. The molecule has 2 heterocycles. The molecule has 1 aliphatic rings. The van der Waals surface area contributed by atoms with Gasteiger partial charge in [-0.15, -0.1) is 10.2 Å². The summed E-state index contributed by atoms with van der Waals surface area (Å²) in [5.41, 5.74) is 6.02. The number of fused-ring (bicyclic) bond motifs is 2. The van der Waals surface area contributed by atoms with Gasteiger partial charge in [0.15, 0.2) is 11.0 Å². The molecule has 0 fully saturated rings. The standard InChI is InChI=1S/C26H31N4O.ClHO4/c1-27-21-11-5-6-12-22(21)28(2)25(27)17-15-20(10-9-19-31)16-18-26-29(3)23-13-7-8-14-24(23)30(26)4;2-1(3,4)5/h5-8,11-18,31H,9-10,19H2,1-4H3;(H,2,3,4,5)/q+1;/p-1. The molecule has 0 spiro atoms. The van der Waals surface area contributed by atoms with Gasteiger partial charge in [-0.05, 0) is 48.8 Å². The molecule has 0 radical (unpaired) electrons. The van der Waals surface area contributed by atoms with Gasteiger partial charge in [0.05, 0.1) is 25.5 Å². The van der Waals surface area contributed by atoms with Gasteiger partial charge in [0.1, 0.15) is 5.82 Å². The molecule has 0 saturated carbocycles. The topological polar surface area (TPSA) is 128 Å². The number of anilines is 2. The highest BCUT2D eigenvalue weighted by atomic mass is 35.7. The minimum Gasteiger partial charge on any atom is -0.396 e. The number of aliphatic hydroxyl groups is 1. The SMILES string of the molecule is CN1C(=CC=C(C=Cc2n(C)c3ccccc3[n+]2C)CCCO)N(C)c2ccccc21.[O-][Cl+3]([O-])([O-])[O-]. The first-order valence-corrected chi connectivity index (χ1v) is 12.6. The lowest BCUT2D eigenvalue weighted by atomic mass is 10.1. The van der Waals surface area contributed by atoms with Crippen LogP contribution in [0.2, 0.25) is 0 Å². The van der Waals surface area contributed by atoms with E-state index in [1.165, 1.54) is 28.0 Å².